The largest absolute Gasteiger partial charge is 0.325 e. The Morgan fingerprint density at radius 1 is 1.16 bits per heavy atom. The molecule has 1 heterocycles. The Balaban J connectivity index is 1.86. The van der Waals surface area contributed by atoms with E-state index in [9.17, 15) is 14.4 Å². The molecule has 31 heavy (non-hydrogen) atoms. The van der Waals surface area contributed by atoms with Crippen molar-refractivity contribution in [1.82, 2.24) is 10.2 Å². The highest BCUT2D eigenvalue weighted by atomic mass is 35.5. The second-order valence-corrected chi connectivity index (χ2v) is 8.19. The van der Waals surface area contributed by atoms with Crippen LogP contribution in [0.3, 0.4) is 0 Å². The summed E-state index contributed by atoms with van der Waals surface area (Å²) in [6, 6.07) is 13.7. The minimum atomic E-state index is -1.29. The lowest BCUT2D eigenvalue weighted by Gasteiger charge is -2.25. The van der Waals surface area contributed by atoms with Gasteiger partial charge in [0, 0.05) is 17.3 Å². The minimum Gasteiger partial charge on any atom is -0.319 e. The fourth-order valence-corrected chi connectivity index (χ4v) is 3.83. The van der Waals surface area contributed by atoms with Crippen molar-refractivity contribution in [2.24, 2.45) is 0 Å². The summed E-state index contributed by atoms with van der Waals surface area (Å²) in [6.07, 6.45) is 0.126. The number of carbonyl (C=O) groups excluding carboxylic acids is 3. The van der Waals surface area contributed by atoms with Crippen LogP contribution in [0, 0.1) is 25.2 Å². The van der Waals surface area contributed by atoms with E-state index >= 15 is 0 Å². The molecule has 0 aliphatic carbocycles. The van der Waals surface area contributed by atoms with E-state index in [0.717, 1.165) is 16.0 Å². The van der Waals surface area contributed by atoms with E-state index in [2.05, 4.69) is 5.32 Å². The van der Waals surface area contributed by atoms with Crippen LogP contribution in [-0.2, 0) is 15.1 Å². The first kappa shape index (κ1) is 22.3. The molecule has 0 radical (unpaired) electrons. The zero-order valence-corrected chi connectivity index (χ0v) is 18.4. The molecule has 0 saturated carbocycles. The number of hydrogen-bond donors (Lipinski definition) is 1. The summed E-state index contributed by atoms with van der Waals surface area (Å²) in [5.41, 5.74) is 1.84. The standard InChI is InChI=1S/C23H23ClN4O3/c1-15-11-16(2)13-19(12-15)27(10-4-9-25)20(29)14-28-21(30)23(3,26-22(28)31)17-5-7-18(24)8-6-17/h5-8,11-13H,4,10,14H2,1-3H3,(H,26,31). The third-order valence-electron chi connectivity index (χ3n) is 5.26. The Hall–Kier alpha value is -3.37. The smallest absolute Gasteiger partial charge is 0.319 e. The van der Waals surface area contributed by atoms with Crippen molar-refractivity contribution >= 4 is 35.1 Å². The topological polar surface area (TPSA) is 93.5 Å². The predicted octanol–water partition coefficient (Wildman–Crippen LogP) is 3.67. The molecule has 4 amide bonds. The van der Waals surface area contributed by atoms with Gasteiger partial charge in [0.25, 0.3) is 5.91 Å². The molecule has 1 atom stereocenters. The van der Waals surface area contributed by atoms with Crippen LogP contribution >= 0.6 is 11.6 Å². The Bertz CT molecular complexity index is 1060. The normalized spacial score (nSPS) is 18.0. The van der Waals surface area contributed by atoms with Gasteiger partial charge in [0.15, 0.2) is 0 Å². The molecule has 1 saturated heterocycles. The molecule has 7 nitrogen and oxygen atoms in total. The molecular weight excluding hydrogens is 416 g/mol. The summed E-state index contributed by atoms with van der Waals surface area (Å²) in [4.78, 5) is 41.2. The number of urea groups is 1. The lowest BCUT2D eigenvalue weighted by atomic mass is 9.92. The number of anilines is 1. The van der Waals surface area contributed by atoms with Gasteiger partial charge in [-0.3, -0.25) is 14.5 Å². The van der Waals surface area contributed by atoms with Crippen molar-refractivity contribution in [3.05, 3.63) is 64.2 Å². The predicted molar refractivity (Wildman–Crippen MR) is 118 cm³/mol. The molecule has 1 aliphatic heterocycles. The Kier molecular flexibility index (Phi) is 6.32. The van der Waals surface area contributed by atoms with Gasteiger partial charge < -0.3 is 10.2 Å². The van der Waals surface area contributed by atoms with Crippen molar-refractivity contribution in [2.75, 3.05) is 18.0 Å². The maximum Gasteiger partial charge on any atom is 0.325 e. The fraction of sp³-hybridized carbons (Fsp3) is 0.304. The Labute approximate surface area is 186 Å². The quantitative estimate of drug-likeness (QED) is 0.696. The summed E-state index contributed by atoms with van der Waals surface area (Å²) in [7, 11) is 0. The lowest BCUT2D eigenvalue weighted by Crippen LogP contribution is -2.45. The van der Waals surface area contributed by atoms with Crippen molar-refractivity contribution < 1.29 is 14.4 Å². The van der Waals surface area contributed by atoms with Gasteiger partial charge in [0.1, 0.15) is 12.1 Å². The summed E-state index contributed by atoms with van der Waals surface area (Å²) in [5, 5.41) is 12.2. The van der Waals surface area contributed by atoms with E-state index in [1.165, 1.54) is 4.90 Å². The number of imide groups is 1. The van der Waals surface area contributed by atoms with Crippen LogP contribution in [0.15, 0.2) is 42.5 Å². The summed E-state index contributed by atoms with van der Waals surface area (Å²) in [5.74, 6) is -0.960. The van der Waals surface area contributed by atoms with Crippen molar-refractivity contribution in [1.29, 1.82) is 5.26 Å². The van der Waals surface area contributed by atoms with Crippen LogP contribution < -0.4 is 10.2 Å². The number of benzene rings is 2. The van der Waals surface area contributed by atoms with Crippen LogP contribution in [-0.4, -0.2) is 35.8 Å². The van der Waals surface area contributed by atoms with Gasteiger partial charge in [0.2, 0.25) is 5.91 Å². The first-order valence-corrected chi connectivity index (χ1v) is 10.2. The van der Waals surface area contributed by atoms with E-state index in [0.29, 0.717) is 16.3 Å². The first-order chi connectivity index (χ1) is 14.7. The van der Waals surface area contributed by atoms with E-state index in [-0.39, 0.29) is 13.0 Å². The van der Waals surface area contributed by atoms with Gasteiger partial charge in [-0.1, -0.05) is 29.8 Å². The number of halogens is 1. The van der Waals surface area contributed by atoms with Gasteiger partial charge in [0.05, 0.1) is 12.5 Å². The molecule has 8 heteroatoms. The molecule has 3 rings (SSSR count). The number of nitrogens with one attached hydrogen (secondary N) is 1. The molecule has 1 fully saturated rings. The number of carbonyl (C=O) groups is 3. The van der Waals surface area contributed by atoms with Gasteiger partial charge in [-0.25, -0.2) is 4.79 Å². The van der Waals surface area contributed by atoms with E-state index in [4.69, 9.17) is 16.9 Å². The van der Waals surface area contributed by atoms with E-state index < -0.39 is 29.9 Å². The molecule has 0 aromatic heterocycles. The first-order valence-electron chi connectivity index (χ1n) is 9.81. The summed E-state index contributed by atoms with van der Waals surface area (Å²) in [6.45, 7) is 5.16. The van der Waals surface area contributed by atoms with Crippen LogP contribution in [0.4, 0.5) is 10.5 Å². The molecule has 160 valence electrons. The zero-order valence-electron chi connectivity index (χ0n) is 17.6. The SMILES string of the molecule is Cc1cc(C)cc(N(CCC#N)C(=O)CN2C(=O)NC(C)(c3ccc(Cl)cc3)C2=O)c1. The zero-order chi connectivity index (χ0) is 22.8. The molecule has 2 aromatic carbocycles. The number of nitriles is 1. The van der Waals surface area contributed by atoms with E-state index in [1.54, 1.807) is 31.2 Å². The van der Waals surface area contributed by atoms with Crippen LogP contribution in [0.1, 0.15) is 30.0 Å². The highest BCUT2D eigenvalue weighted by molar-refractivity contribution is 6.30. The van der Waals surface area contributed by atoms with Crippen LogP contribution in [0.25, 0.3) is 0 Å². The second kappa shape index (κ2) is 8.78. The molecular formula is C23H23ClN4O3. The minimum absolute atomic E-state index is 0.126. The summed E-state index contributed by atoms with van der Waals surface area (Å²) < 4.78 is 0. The van der Waals surface area contributed by atoms with Gasteiger partial charge >= 0.3 is 6.03 Å². The average molecular weight is 439 g/mol. The van der Waals surface area contributed by atoms with Gasteiger partial charge in [-0.2, -0.15) is 5.26 Å². The summed E-state index contributed by atoms with van der Waals surface area (Å²) >= 11 is 5.93. The lowest BCUT2D eigenvalue weighted by molar-refractivity contribution is -0.134. The fourth-order valence-electron chi connectivity index (χ4n) is 3.71. The maximum atomic E-state index is 13.1. The molecule has 0 spiro atoms. The number of amides is 4. The third kappa shape index (κ3) is 4.54. The molecule has 1 N–H and O–H groups in total. The number of hydrogen-bond acceptors (Lipinski definition) is 4. The monoisotopic (exact) mass is 438 g/mol. The average Bonchev–Trinajstić information content (AvgIpc) is 2.92. The maximum absolute atomic E-state index is 13.1. The van der Waals surface area contributed by atoms with Crippen LogP contribution in [0.5, 0.6) is 0 Å². The Morgan fingerprint density at radius 3 is 2.35 bits per heavy atom. The highest BCUT2D eigenvalue weighted by Crippen LogP contribution is 2.30. The third-order valence-corrected chi connectivity index (χ3v) is 5.51. The number of rotatable bonds is 6. The van der Waals surface area contributed by atoms with Crippen molar-refractivity contribution in [3.63, 3.8) is 0 Å². The Morgan fingerprint density at radius 2 is 1.77 bits per heavy atom. The molecule has 1 unspecified atom stereocenters. The molecule has 1 aliphatic rings. The van der Waals surface area contributed by atoms with Gasteiger partial charge in [-0.05, 0) is 61.7 Å². The van der Waals surface area contributed by atoms with E-state index in [1.807, 2.05) is 38.1 Å². The van der Waals surface area contributed by atoms with Gasteiger partial charge in [-0.15, -0.1) is 0 Å². The van der Waals surface area contributed by atoms with Crippen molar-refractivity contribution in [2.45, 2.75) is 32.7 Å². The highest BCUT2D eigenvalue weighted by Gasteiger charge is 2.49. The molecule has 2 aromatic rings. The molecule has 0 bridgehead atoms. The second-order valence-electron chi connectivity index (χ2n) is 7.75. The number of aryl methyl sites for hydroxylation is 2. The number of nitrogens with zero attached hydrogens (tertiary/aromatic N) is 3. The van der Waals surface area contributed by atoms with Crippen molar-refractivity contribution in [3.8, 4) is 6.07 Å². The van der Waals surface area contributed by atoms with Crippen LogP contribution in [0.2, 0.25) is 5.02 Å².